The molecule has 0 radical (unpaired) electrons. The molecule has 0 saturated heterocycles. The van der Waals surface area contributed by atoms with Crippen LogP contribution in [-0.4, -0.2) is 36.5 Å². The number of carbonyl (C=O) groups excluding carboxylic acids is 1. The zero-order chi connectivity index (χ0) is 11.0. The molecule has 4 heteroatoms. The van der Waals surface area contributed by atoms with Gasteiger partial charge in [-0.1, -0.05) is 13.8 Å². The standard InChI is InChI=1S/C10H23N3O/c1-3-5-13(6-4-2)9(8-11)7-10(12)14/h9H,3-8,11H2,1-2H3,(H2,12,14). The molecule has 0 fully saturated rings. The van der Waals surface area contributed by atoms with E-state index in [4.69, 9.17) is 11.5 Å². The van der Waals surface area contributed by atoms with Gasteiger partial charge in [-0.05, 0) is 25.9 Å². The van der Waals surface area contributed by atoms with Gasteiger partial charge in [0.05, 0.1) is 0 Å². The number of carbonyl (C=O) groups is 1. The molecule has 84 valence electrons. The Balaban J connectivity index is 4.16. The van der Waals surface area contributed by atoms with Crippen molar-refractivity contribution >= 4 is 5.91 Å². The Labute approximate surface area is 86.6 Å². The number of hydrogen-bond acceptors (Lipinski definition) is 3. The summed E-state index contributed by atoms with van der Waals surface area (Å²) < 4.78 is 0. The Bertz CT molecular complexity index is 155. The van der Waals surface area contributed by atoms with Gasteiger partial charge in [0.1, 0.15) is 0 Å². The number of hydrogen-bond donors (Lipinski definition) is 2. The quantitative estimate of drug-likeness (QED) is 0.593. The van der Waals surface area contributed by atoms with Gasteiger partial charge >= 0.3 is 0 Å². The van der Waals surface area contributed by atoms with Gasteiger partial charge in [-0.2, -0.15) is 0 Å². The van der Waals surface area contributed by atoms with Crippen molar-refractivity contribution < 1.29 is 4.79 Å². The van der Waals surface area contributed by atoms with Gasteiger partial charge in [0, 0.05) is 19.0 Å². The largest absolute Gasteiger partial charge is 0.370 e. The Morgan fingerprint density at radius 1 is 1.29 bits per heavy atom. The van der Waals surface area contributed by atoms with Crippen LogP contribution in [0.1, 0.15) is 33.1 Å². The van der Waals surface area contributed by atoms with E-state index in [-0.39, 0.29) is 11.9 Å². The van der Waals surface area contributed by atoms with Crippen molar-refractivity contribution in [3.63, 3.8) is 0 Å². The van der Waals surface area contributed by atoms with Crippen molar-refractivity contribution in [1.29, 1.82) is 0 Å². The van der Waals surface area contributed by atoms with Gasteiger partial charge in [-0.15, -0.1) is 0 Å². The lowest BCUT2D eigenvalue weighted by Gasteiger charge is -2.29. The average molecular weight is 201 g/mol. The lowest BCUT2D eigenvalue weighted by Crippen LogP contribution is -2.43. The Hall–Kier alpha value is -0.610. The lowest BCUT2D eigenvalue weighted by molar-refractivity contribution is -0.119. The minimum absolute atomic E-state index is 0.118. The predicted molar refractivity (Wildman–Crippen MR) is 58.8 cm³/mol. The Kier molecular flexibility index (Phi) is 7.42. The average Bonchev–Trinajstić information content (AvgIpc) is 2.13. The molecule has 0 heterocycles. The third kappa shape index (κ3) is 5.19. The normalized spacial score (nSPS) is 13.1. The summed E-state index contributed by atoms with van der Waals surface area (Å²) in [5.74, 6) is -0.266. The Morgan fingerprint density at radius 2 is 1.79 bits per heavy atom. The Morgan fingerprint density at radius 3 is 2.07 bits per heavy atom. The van der Waals surface area contributed by atoms with Crippen LogP contribution in [0.4, 0.5) is 0 Å². The number of amides is 1. The summed E-state index contributed by atoms with van der Waals surface area (Å²) in [6.45, 7) is 6.73. The third-order valence-corrected chi connectivity index (χ3v) is 2.25. The zero-order valence-corrected chi connectivity index (χ0v) is 9.33. The predicted octanol–water partition coefficient (Wildman–Crippen LogP) is 0.311. The van der Waals surface area contributed by atoms with Crippen molar-refractivity contribution in [2.24, 2.45) is 11.5 Å². The molecule has 0 rings (SSSR count). The molecule has 0 spiro atoms. The van der Waals surface area contributed by atoms with E-state index in [9.17, 15) is 4.79 Å². The minimum atomic E-state index is -0.266. The van der Waals surface area contributed by atoms with E-state index in [0.717, 1.165) is 25.9 Å². The highest BCUT2D eigenvalue weighted by Gasteiger charge is 2.17. The number of primary amides is 1. The second-order valence-corrected chi connectivity index (χ2v) is 3.60. The first-order chi connectivity index (χ1) is 6.65. The molecule has 0 bridgehead atoms. The van der Waals surface area contributed by atoms with E-state index in [1.165, 1.54) is 0 Å². The van der Waals surface area contributed by atoms with Crippen molar-refractivity contribution in [3.8, 4) is 0 Å². The molecule has 0 aromatic carbocycles. The second-order valence-electron chi connectivity index (χ2n) is 3.60. The fraction of sp³-hybridized carbons (Fsp3) is 0.900. The van der Waals surface area contributed by atoms with Gasteiger partial charge in [-0.25, -0.2) is 0 Å². The van der Waals surface area contributed by atoms with Crippen molar-refractivity contribution in [2.45, 2.75) is 39.2 Å². The summed E-state index contributed by atoms with van der Waals surface area (Å²) in [6.07, 6.45) is 2.53. The number of rotatable bonds is 8. The fourth-order valence-electron chi connectivity index (χ4n) is 1.65. The highest BCUT2D eigenvalue weighted by molar-refractivity contribution is 5.74. The first-order valence-corrected chi connectivity index (χ1v) is 5.38. The molecule has 1 amide bonds. The molecule has 0 aromatic heterocycles. The monoisotopic (exact) mass is 201 g/mol. The van der Waals surface area contributed by atoms with E-state index >= 15 is 0 Å². The molecule has 0 aliphatic carbocycles. The van der Waals surface area contributed by atoms with Crippen LogP contribution in [0.3, 0.4) is 0 Å². The fourth-order valence-corrected chi connectivity index (χ4v) is 1.65. The SMILES string of the molecule is CCCN(CCC)C(CN)CC(N)=O. The molecule has 14 heavy (non-hydrogen) atoms. The van der Waals surface area contributed by atoms with E-state index in [2.05, 4.69) is 18.7 Å². The second kappa shape index (κ2) is 7.76. The van der Waals surface area contributed by atoms with Crippen LogP contribution < -0.4 is 11.5 Å². The molecule has 1 unspecified atom stereocenters. The molecular formula is C10H23N3O. The van der Waals surface area contributed by atoms with Crippen LogP contribution in [0.2, 0.25) is 0 Å². The van der Waals surface area contributed by atoms with E-state index in [0.29, 0.717) is 13.0 Å². The molecule has 0 saturated carbocycles. The lowest BCUT2D eigenvalue weighted by atomic mass is 10.1. The van der Waals surface area contributed by atoms with Gasteiger partial charge in [0.2, 0.25) is 5.91 Å². The molecule has 0 aromatic rings. The van der Waals surface area contributed by atoms with Crippen LogP contribution in [0.5, 0.6) is 0 Å². The van der Waals surface area contributed by atoms with Crippen molar-refractivity contribution in [2.75, 3.05) is 19.6 Å². The van der Waals surface area contributed by atoms with Crippen molar-refractivity contribution in [1.82, 2.24) is 4.90 Å². The summed E-state index contributed by atoms with van der Waals surface area (Å²) in [5, 5.41) is 0. The smallest absolute Gasteiger partial charge is 0.219 e. The zero-order valence-electron chi connectivity index (χ0n) is 9.33. The summed E-state index contributed by atoms with van der Waals surface area (Å²) in [4.78, 5) is 13.1. The van der Waals surface area contributed by atoms with E-state index in [1.807, 2.05) is 0 Å². The summed E-state index contributed by atoms with van der Waals surface area (Å²) in [7, 11) is 0. The minimum Gasteiger partial charge on any atom is -0.370 e. The summed E-state index contributed by atoms with van der Waals surface area (Å²) >= 11 is 0. The molecule has 4 N–H and O–H groups in total. The van der Waals surface area contributed by atoms with Crippen LogP contribution in [-0.2, 0) is 4.79 Å². The first-order valence-electron chi connectivity index (χ1n) is 5.38. The maximum absolute atomic E-state index is 10.8. The number of nitrogens with two attached hydrogens (primary N) is 2. The summed E-state index contributed by atoms with van der Waals surface area (Å²) in [5.41, 5.74) is 10.8. The highest BCUT2D eigenvalue weighted by atomic mass is 16.1. The molecule has 1 atom stereocenters. The maximum atomic E-state index is 10.8. The van der Waals surface area contributed by atoms with E-state index in [1.54, 1.807) is 0 Å². The van der Waals surface area contributed by atoms with E-state index < -0.39 is 0 Å². The highest BCUT2D eigenvalue weighted by Crippen LogP contribution is 2.05. The third-order valence-electron chi connectivity index (χ3n) is 2.25. The molecule has 4 nitrogen and oxygen atoms in total. The van der Waals surface area contributed by atoms with Gasteiger partial charge < -0.3 is 11.5 Å². The molecule has 0 aliphatic heterocycles. The van der Waals surface area contributed by atoms with Gasteiger partial charge in [0.15, 0.2) is 0 Å². The number of nitrogens with zero attached hydrogens (tertiary/aromatic N) is 1. The molecule has 0 aliphatic rings. The van der Waals surface area contributed by atoms with Crippen LogP contribution in [0.25, 0.3) is 0 Å². The maximum Gasteiger partial charge on any atom is 0.219 e. The van der Waals surface area contributed by atoms with Gasteiger partial charge in [-0.3, -0.25) is 9.69 Å². The topological polar surface area (TPSA) is 72.3 Å². The van der Waals surface area contributed by atoms with Crippen LogP contribution in [0, 0.1) is 0 Å². The van der Waals surface area contributed by atoms with Crippen LogP contribution in [0.15, 0.2) is 0 Å². The first kappa shape index (κ1) is 13.4. The molecular weight excluding hydrogens is 178 g/mol. The van der Waals surface area contributed by atoms with Gasteiger partial charge in [0.25, 0.3) is 0 Å². The van der Waals surface area contributed by atoms with Crippen molar-refractivity contribution in [3.05, 3.63) is 0 Å². The summed E-state index contributed by atoms with van der Waals surface area (Å²) in [6, 6.07) is 0.118. The van der Waals surface area contributed by atoms with Crippen LogP contribution >= 0.6 is 0 Å².